The van der Waals surface area contributed by atoms with Crippen molar-refractivity contribution < 1.29 is 10.2 Å². The molecule has 0 aromatic rings. The second-order valence-electron chi connectivity index (χ2n) is 3.53. The summed E-state index contributed by atoms with van der Waals surface area (Å²) in [7, 11) is 0. The number of rotatable bonds is 8. The maximum absolute atomic E-state index is 9.80. The van der Waals surface area contributed by atoms with Crippen LogP contribution in [0.5, 0.6) is 0 Å². The Morgan fingerprint density at radius 3 is 1.13 bits per heavy atom. The molecular weight excluding hydrogens is 264 g/mol. The molecule has 0 saturated heterocycles. The zero-order valence-corrected chi connectivity index (χ0v) is 14.1. The van der Waals surface area contributed by atoms with E-state index in [2.05, 4.69) is 13.8 Å². The van der Waals surface area contributed by atoms with Crippen molar-refractivity contribution >= 4 is 45.5 Å². The van der Waals surface area contributed by atoms with Gasteiger partial charge >= 0.3 is 45.5 Å². The molecule has 0 fully saturated rings. The Morgan fingerprint density at radius 2 is 0.933 bits per heavy atom. The zero-order chi connectivity index (χ0) is 11.1. The largest absolute Gasteiger partial charge is 2.00 e. The summed E-state index contributed by atoms with van der Waals surface area (Å²) in [6.07, 6.45) is 8.88. The summed E-state index contributed by atoms with van der Waals surface area (Å²) in [4.78, 5) is 0. The van der Waals surface area contributed by atoms with Crippen LogP contribution in [0.2, 0.25) is 0 Å². The molecule has 0 aliphatic heterocycles. The van der Waals surface area contributed by atoms with Crippen LogP contribution in [0.25, 0.3) is 0 Å². The second kappa shape index (κ2) is 24.6. The van der Waals surface area contributed by atoms with Gasteiger partial charge in [-0.15, -0.1) is 13.2 Å². The molecule has 0 saturated carbocycles. The Labute approximate surface area is 133 Å². The summed E-state index contributed by atoms with van der Waals surface area (Å²) in [5.74, 6) is 0. The fraction of sp³-hybridized carbons (Fsp3) is 1.00. The minimum Gasteiger partial charge on any atom is -0.854 e. The maximum atomic E-state index is 9.80. The summed E-state index contributed by atoms with van der Waals surface area (Å²) in [5.41, 5.74) is 0. The molecule has 0 rings (SSSR count). The van der Waals surface area contributed by atoms with Gasteiger partial charge in [0.25, 0.3) is 0 Å². The van der Waals surface area contributed by atoms with Gasteiger partial charge in [0.05, 0.1) is 0 Å². The summed E-state index contributed by atoms with van der Waals surface area (Å²) < 4.78 is 0. The van der Waals surface area contributed by atoms with Gasteiger partial charge in [-0.1, -0.05) is 65.2 Å². The Hall–Kier alpha value is 1.40. The third kappa shape index (κ3) is 31.3. The topological polar surface area (TPSA) is 46.1 Å². The predicted octanol–water partition coefficient (Wildman–Crippen LogP) is 1.47. The van der Waals surface area contributed by atoms with Crippen molar-refractivity contribution in [3.8, 4) is 0 Å². The molecule has 15 heavy (non-hydrogen) atoms. The summed E-state index contributed by atoms with van der Waals surface area (Å²) in [6.45, 7) is 4.51. The van der Waals surface area contributed by atoms with Gasteiger partial charge in [-0.3, -0.25) is 0 Å². The van der Waals surface area contributed by atoms with Crippen LogP contribution in [-0.2, 0) is 0 Å². The average molecular weight is 290 g/mol. The van der Waals surface area contributed by atoms with E-state index in [1.54, 1.807) is 0 Å². The van der Waals surface area contributed by atoms with Crippen molar-refractivity contribution in [1.82, 2.24) is 0 Å². The molecule has 0 aliphatic carbocycles. The van der Waals surface area contributed by atoms with Crippen LogP contribution in [0.4, 0.5) is 0 Å². The normalized spacial score (nSPS) is 8.80. The van der Waals surface area contributed by atoms with Crippen LogP contribution in [0.15, 0.2) is 0 Å². The third-order valence-corrected chi connectivity index (χ3v) is 2.00. The van der Waals surface area contributed by atoms with E-state index in [0.717, 1.165) is 25.7 Å². The Bertz CT molecular complexity index is 62.0. The molecule has 0 unspecified atom stereocenters. The third-order valence-electron chi connectivity index (χ3n) is 2.00. The molecule has 0 aromatic carbocycles. The quantitative estimate of drug-likeness (QED) is 0.502. The molecular formula is C12H26O2Sr. The van der Waals surface area contributed by atoms with Gasteiger partial charge in [0, 0.05) is 0 Å². The van der Waals surface area contributed by atoms with Gasteiger partial charge in [0.15, 0.2) is 0 Å². The molecule has 0 heterocycles. The molecule has 0 amide bonds. The van der Waals surface area contributed by atoms with Crippen molar-refractivity contribution in [2.75, 3.05) is 13.2 Å². The van der Waals surface area contributed by atoms with Gasteiger partial charge in [-0.25, -0.2) is 0 Å². The average Bonchev–Trinajstić information content (AvgIpc) is 2.21. The van der Waals surface area contributed by atoms with E-state index in [9.17, 15) is 10.2 Å². The van der Waals surface area contributed by atoms with Crippen molar-refractivity contribution in [3.05, 3.63) is 0 Å². The van der Waals surface area contributed by atoms with Gasteiger partial charge < -0.3 is 10.2 Å². The smallest absolute Gasteiger partial charge is 0.854 e. The first-order chi connectivity index (χ1) is 6.83. The van der Waals surface area contributed by atoms with Gasteiger partial charge in [-0.05, 0) is 0 Å². The predicted molar refractivity (Wildman–Crippen MR) is 63.8 cm³/mol. The first-order valence-corrected chi connectivity index (χ1v) is 5.99. The van der Waals surface area contributed by atoms with Crippen LogP contribution in [0.1, 0.15) is 65.2 Å². The van der Waals surface area contributed by atoms with Crippen LogP contribution in [0, 0.1) is 0 Å². The van der Waals surface area contributed by atoms with Gasteiger partial charge in [-0.2, -0.15) is 0 Å². The minimum atomic E-state index is 0. The molecule has 0 N–H and O–H groups in total. The first-order valence-electron chi connectivity index (χ1n) is 5.99. The Kier molecular flexibility index (Phi) is 35.5. The van der Waals surface area contributed by atoms with Gasteiger partial charge in [0.2, 0.25) is 0 Å². The fourth-order valence-corrected chi connectivity index (χ4v) is 1.06. The molecule has 0 radical (unpaired) electrons. The SMILES string of the molecule is CCCCCC[O-].CCCCCC[O-].[Sr+2]. The molecule has 0 bridgehead atoms. The molecule has 0 spiro atoms. The van der Waals surface area contributed by atoms with E-state index in [1.165, 1.54) is 25.7 Å². The van der Waals surface area contributed by atoms with Crippen LogP contribution < -0.4 is 10.2 Å². The van der Waals surface area contributed by atoms with Crippen LogP contribution in [0.3, 0.4) is 0 Å². The van der Waals surface area contributed by atoms with Gasteiger partial charge in [0.1, 0.15) is 0 Å². The molecule has 88 valence electrons. The van der Waals surface area contributed by atoms with E-state index in [-0.39, 0.29) is 58.7 Å². The van der Waals surface area contributed by atoms with Crippen molar-refractivity contribution in [2.24, 2.45) is 0 Å². The van der Waals surface area contributed by atoms with E-state index in [1.807, 2.05) is 0 Å². The van der Waals surface area contributed by atoms with Crippen LogP contribution >= 0.6 is 0 Å². The van der Waals surface area contributed by atoms with E-state index < -0.39 is 0 Å². The Balaban J connectivity index is -0.000000180. The summed E-state index contributed by atoms with van der Waals surface area (Å²) >= 11 is 0. The molecule has 0 atom stereocenters. The van der Waals surface area contributed by atoms with E-state index in [4.69, 9.17) is 0 Å². The minimum absolute atomic E-state index is 0. The number of hydrogen-bond donors (Lipinski definition) is 0. The van der Waals surface area contributed by atoms with Crippen molar-refractivity contribution in [2.45, 2.75) is 65.2 Å². The Morgan fingerprint density at radius 1 is 0.600 bits per heavy atom. The molecule has 0 aliphatic rings. The zero-order valence-electron chi connectivity index (χ0n) is 10.6. The molecule has 0 aromatic heterocycles. The van der Waals surface area contributed by atoms with Crippen molar-refractivity contribution in [3.63, 3.8) is 0 Å². The van der Waals surface area contributed by atoms with E-state index >= 15 is 0 Å². The summed E-state index contributed by atoms with van der Waals surface area (Å²) in [6, 6.07) is 0. The number of unbranched alkanes of at least 4 members (excludes halogenated alkanes) is 6. The number of hydrogen-bond acceptors (Lipinski definition) is 2. The monoisotopic (exact) mass is 290 g/mol. The van der Waals surface area contributed by atoms with Crippen molar-refractivity contribution in [1.29, 1.82) is 0 Å². The molecule has 2 nitrogen and oxygen atoms in total. The van der Waals surface area contributed by atoms with Crippen LogP contribution in [-0.4, -0.2) is 58.7 Å². The second-order valence-corrected chi connectivity index (χ2v) is 3.53. The van der Waals surface area contributed by atoms with E-state index in [0.29, 0.717) is 0 Å². The standard InChI is InChI=1S/2C6H13O.Sr/c2*1-2-3-4-5-6-7;/h2*2-6H2,1H3;/q2*-1;+2. The first kappa shape index (κ1) is 21.7. The summed E-state index contributed by atoms with van der Waals surface area (Å²) in [5, 5.41) is 19.6. The fourth-order valence-electron chi connectivity index (χ4n) is 1.06. The molecule has 3 heteroatoms. The maximum Gasteiger partial charge on any atom is 2.00 e.